The topological polar surface area (TPSA) is 63.6 Å². The van der Waals surface area contributed by atoms with Crippen molar-refractivity contribution in [1.82, 2.24) is 0 Å². The third-order valence-electron chi connectivity index (χ3n) is 6.60. The maximum absolute atomic E-state index is 15.5. The summed E-state index contributed by atoms with van der Waals surface area (Å²) in [4.78, 5) is 14.2. The van der Waals surface area contributed by atoms with Gasteiger partial charge in [-0.2, -0.15) is 0 Å². The molecule has 1 aliphatic rings. The van der Waals surface area contributed by atoms with Crippen LogP contribution in [0.2, 0.25) is 0 Å². The van der Waals surface area contributed by atoms with Crippen molar-refractivity contribution in [2.45, 2.75) is 18.4 Å². The Balaban J connectivity index is 1.89. The second-order valence-corrected chi connectivity index (χ2v) is 11.7. The van der Waals surface area contributed by atoms with Crippen LogP contribution in [-0.4, -0.2) is 23.6 Å². The zero-order valence-corrected chi connectivity index (χ0v) is 20.9. The number of Topliss-reactive ketones (excluding diaryl/α,β-unsaturated/α-hetero) is 1. The van der Waals surface area contributed by atoms with E-state index in [0.717, 1.165) is 0 Å². The van der Waals surface area contributed by atoms with E-state index in [1.54, 1.807) is 55.6 Å². The molecule has 0 aliphatic heterocycles. The summed E-state index contributed by atoms with van der Waals surface area (Å²) in [6.45, 7) is 0. The molecule has 4 nitrogen and oxygen atoms in total. The molecule has 5 rings (SSSR count). The fourth-order valence-corrected chi connectivity index (χ4v) is 7.94. The standard InChI is InChI=1S/C31H27O4P/c1-35-25-19-17-23(18-20-25)28(29(32)24-11-5-2-6-12-24)30(31(33)21-22-31)36(34,26-13-7-3-8-14-26)27-15-9-4-10-16-27/h2-20,33H,21-22H2,1H3/b30-28+. The second-order valence-electron chi connectivity index (χ2n) is 8.96. The minimum absolute atomic E-state index is 0.275. The summed E-state index contributed by atoms with van der Waals surface area (Å²) >= 11 is 0. The molecule has 0 unspecified atom stereocenters. The van der Waals surface area contributed by atoms with E-state index in [1.165, 1.54) is 0 Å². The zero-order valence-electron chi connectivity index (χ0n) is 20.0. The normalized spacial score (nSPS) is 15.1. The van der Waals surface area contributed by atoms with Crippen molar-refractivity contribution in [3.8, 4) is 5.75 Å². The molecule has 180 valence electrons. The number of benzene rings is 4. The molecular formula is C31H27O4P. The molecule has 1 aliphatic carbocycles. The molecule has 1 saturated carbocycles. The Morgan fingerprint density at radius 2 is 1.19 bits per heavy atom. The molecule has 0 saturated heterocycles. The predicted molar refractivity (Wildman–Crippen MR) is 145 cm³/mol. The van der Waals surface area contributed by atoms with E-state index < -0.39 is 12.7 Å². The van der Waals surface area contributed by atoms with Crippen molar-refractivity contribution in [3.63, 3.8) is 0 Å². The molecule has 0 atom stereocenters. The van der Waals surface area contributed by atoms with Crippen molar-refractivity contribution in [3.05, 3.63) is 132 Å². The Morgan fingerprint density at radius 1 is 0.722 bits per heavy atom. The number of methoxy groups -OCH3 is 1. The van der Waals surface area contributed by atoms with Crippen LogP contribution in [0.4, 0.5) is 0 Å². The molecule has 0 spiro atoms. The first-order valence-electron chi connectivity index (χ1n) is 11.9. The van der Waals surface area contributed by atoms with E-state index in [4.69, 9.17) is 4.74 Å². The monoisotopic (exact) mass is 494 g/mol. The summed E-state index contributed by atoms with van der Waals surface area (Å²) in [5.41, 5.74) is -0.00863. The van der Waals surface area contributed by atoms with Gasteiger partial charge in [-0.1, -0.05) is 103 Å². The molecule has 0 aromatic heterocycles. The van der Waals surface area contributed by atoms with Gasteiger partial charge < -0.3 is 14.4 Å². The number of ether oxygens (including phenoxy) is 1. The molecule has 0 radical (unpaired) electrons. The lowest BCUT2D eigenvalue weighted by Gasteiger charge is -2.29. The van der Waals surface area contributed by atoms with Crippen LogP contribution in [-0.2, 0) is 4.57 Å². The third-order valence-corrected chi connectivity index (χ3v) is 9.92. The van der Waals surface area contributed by atoms with Gasteiger partial charge in [-0.25, -0.2) is 0 Å². The van der Waals surface area contributed by atoms with E-state index in [0.29, 0.717) is 45.6 Å². The molecular weight excluding hydrogens is 467 g/mol. The Hall–Kier alpha value is -3.72. The first-order valence-corrected chi connectivity index (χ1v) is 13.6. The van der Waals surface area contributed by atoms with Crippen LogP contribution < -0.4 is 15.3 Å². The van der Waals surface area contributed by atoms with E-state index in [-0.39, 0.29) is 11.4 Å². The van der Waals surface area contributed by atoms with Gasteiger partial charge >= 0.3 is 0 Å². The van der Waals surface area contributed by atoms with Crippen LogP contribution >= 0.6 is 7.14 Å². The fourth-order valence-electron chi connectivity index (χ4n) is 4.59. The average molecular weight is 495 g/mol. The van der Waals surface area contributed by atoms with E-state index in [2.05, 4.69) is 0 Å². The summed E-state index contributed by atoms with van der Waals surface area (Å²) in [7, 11) is -2.05. The highest BCUT2D eigenvalue weighted by Gasteiger charge is 2.54. The third kappa shape index (κ3) is 4.35. The highest BCUT2D eigenvalue weighted by Crippen LogP contribution is 2.64. The van der Waals surface area contributed by atoms with Gasteiger partial charge in [0.05, 0.1) is 12.7 Å². The molecule has 0 bridgehead atoms. The van der Waals surface area contributed by atoms with Crippen molar-refractivity contribution < 1.29 is 19.2 Å². The van der Waals surface area contributed by atoms with Gasteiger partial charge in [-0.3, -0.25) is 4.79 Å². The van der Waals surface area contributed by atoms with Gasteiger partial charge in [0.1, 0.15) is 5.75 Å². The van der Waals surface area contributed by atoms with Crippen LogP contribution in [0.25, 0.3) is 5.57 Å². The number of hydrogen-bond acceptors (Lipinski definition) is 4. The van der Waals surface area contributed by atoms with E-state index in [9.17, 15) is 9.90 Å². The van der Waals surface area contributed by atoms with Gasteiger partial charge in [-0.05, 0) is 30.5 Å². The summed E-state index contributed by atoms with van der Waals surface area (Å²) in [5.74, 6) is 0.370. The van der Waals surface area contributed by atoms with Crippen molar-refractivity contribution in [2.24, 2.45) is 0 Å². The maximum atomic E-state index is 15.5. The Labute approximate surface area is 211 Å². The molecule has 0 amide bonds. The van der Waals surface area contributed by atoms with Crippen LogP contribution in [0.1, 0.15) is 28.8 Å². The lowest BCUT2D eigenvalue weighted by molar-refractivity contribution is 0.105. The maximum Gasteiger partial charge on any atom is 0.194 e. The van der Waals surface area contributed by atoms with Crippen molar-refractivity contribution >= 4 is 29.1 Å². The predicted octanol–water partition coefficient (Wildman–Crippen LogP) is 5.83. The quantitative estimate of drug-likeness (QED) is 0.190. The lowest BCUT2D eigenvalue weighted by atomic mass is 9.94. The Kier molecular flexibility index (Phi) is 6.49. The fraction of sp³-hybridized carbons (Fsp3) is 0.129. The number of allylic oxidation sites excluding steroid dienone is 1. The first-order chi connectivity index (χ1) is 17.5. The zero-order chi connectivity index (χ0) is 25.2. The van der Waals surface area contributed by atoms with Gasteiger partial charge in [0.2, 0.25) is 0 Å². The minimum Gasteiger partial charge on any atom is -0.497 e. The number of carbonyl (C=O) groups is 1. The molecule has 36 heavy (non-hydrogen) atoms. The van der Waals surface area contributed by atoms with Gasteiger partial charge in [0, 0.05) is 27.1 Å². The number of rotatable bonds is 8. The molecule has 5 heteroatoms. The minimum atomic E-state index is -3.63. The molecule has 4 aromatic carbocycles. The van der Waals surface area contributed by atoms with Crippen LogP contribution in [0.5, 0.6) is 5.75 Å². The lowest BCUT2D eigenvalue weighted by Crippen LogP contribution is -2.27. The van der Waals surface area contributed by atoms with Gasteiger partial charge in [0.15, 0.2) is 12.9 Å². The van der Waals surface area contributed by atoms with Crippen LogP contribution in [0.3, 0.4) is 0 Å². The molecule has 1 N–H and O–H groups in total. The van der Waals surface area contributed by atoms with Crippen LogP contribution in [0, 0.1) is 0 Å². The van der Waals surface area contributed by atoms with Gasteiger partial charge in [0.25, 0.3) is 0 Å². The summed E-state index contributed by atoms with van der Waals surface area (Å²) in [5, 5.41) is 13.2. The SMILES string of the molecule is COc1ccc(/C(C(=O)c2ccccc2)=C(/C2(O)CC2)P(=O)(c2ccccc2)c2ccccc2)cc1. The van der Waals surface area contributed by atoms with Crippen molar-refractivity contribution in [1.29, 1.82) is 0 Å². The second kappa shape index (κ2) is 9.73. The number of hydrogen-bond donors (Lipinski definition) is 1. The molecule has 1 fully saturated rings. The largest absolute Gasteiger partial charge is 0.497 e. The smallest absolute Gasteiger partial charge is 0.194 e. The summed E-state index contributed by atoms with van der Waals surface area (Å²) in [6.07, 6.45) is 0.876. The highest BCUT2D eigenvalue weighted by atomic mass is 31.2. The van der Waals surface area contributed by atoms with Crippen LogP contribution in [0.15, 0.2) is 121 Å². The summed E-state index contributed by atoms with van der Waals surface area (Å²) < 4.78 is 20.8. The molecule has 0 heterocycles. The summed E-state index contributed by atoms with van der Waals surface area (Å²) in [6, 6.07) is 34.5. The first kappa shape index (κ1) is 24.0. The van der Waals surface area contributed by atoms with E-state index >= 15 is 4.57 Å². The number of ketones is 1. The highest BCUT2D eigenvalue weighted by molar-refractivity contribution is 7.82. The van der Waals surface area contributed by atoms with Gasteiger partial charge in [-0.15, -0.1) is 0 Å². The Morgan fingerprint density at radius 3 is 1.64 bits per heavy atom. The van der Waals surface area contributed by atoms with Crippen molar-refractivity contribution in [2.75, 3.05) is 7.11 Å². The Bertz CT molecular complexity index is 1400. The number of carbonyl (C=O) groups excluding carboxylic acids is 1. The number of aliphatic hydroxyl groups is 1. The average Bonchev–Trinajstić information content (AvgIpc) is 3.70. The van der Waals surface area contributed by atoms with E-state index in [1.807, 2.05) is 66.7 Å². The molecule has 4 aromatic rings.